The van der Waals surface area contributed by atoms with Crippen LogP contribution in [-0.4, -0.2) is 65.4 Å². The molecule has 1 atom stereocenters. The molecule has 3 aromatic rings. The molecule has 1 fully saturated rings. The Labute approximate surface area is 230 Å². The van der Waals surface area contributed by atoms with E-state index in [1.807, 2.05) is 0 Å². The van der Waals surface area contributed by atoms with Gasteiger partial charge in [-0.25, -0.2) is 19.2 Å². The van der Waals surface area contributed by atoms with E-state index in [2.05, 4.69) is 20.6 Å². The lowest BCUT2D eigenvalue weighted by Gasteiger charge is -2.28. The van der Waals surface area contributed by atoms with Crippen molar-refractivity contribution >= 4 is 51.7 Å². The van der Waals surface area contributed by atoms with Crippen LogP contribution in [0.3, 0.4) is 0 Å². The normalized spacial score (nSPS) is 15.3. The van der Waals surface area contributed by atoms with Gasteiger partial charge in [0.15, 0.2) is 5.82 Å². The van der Waals surface area contributed by atoms with Crippen LogP contribution in [-0.2, 0) is 14.3 Å². The van der Waals surface area contributed by atoms with Crippen LogP contribution in [0.2, 0.25) is 5.02 Å². The minimum Gasteiger partial charge on any atom is -0.489 e. The van der Waals surface area contributed by atoms with E-state index in [9.17, 15) is 14.0 Å². The molecule has 2 aromatic carbocycles. The number of fused-ring (bicyclic) bond motifs is 1. The van der Waals surface area contributed by atoms with Crippen LogP contribution in [0.1, 0.15) is 33.6 Å². The average Bonchev–Trinajstić information content (AvgIpc) is 3.37. The summed E-state index contributed by atoms with van der Waals surface area (Å²) in [5, 5.41) is 6.32. The van der Waals surface area contributed by atoms with Crippen LogP contribution in [0, 0.1) is 5.82 Å². The second-order valence-electron chi connectivity index (χ2n) is 9.98. The zero-order valence-corrected chi connectivity index (χ0v) is 23.0. The van der Waals surface area contributed by atoms with Crippen molar-refractivity contribution in [3.63, 3.8) is 0 Å². The molecule has 1 saturated heterocycles. The molecular weight excluding hydrogens is 529 g/mol. The number of carbonyl (C=O) groups is 2. The summed E-state index contributed by atoms with van der Waals surface area (Å²) < 4.78 is 31.0. The first-order valence-corrected chi connectivity index (χ1v) is 12.9. The van der Waals surface area contributed by atoms with Crippen molar-refractivity contribution in [3.8, 4) is 5.75 Å². The van der Waals surface area contributed by atoms with Crippen molar-refractivity contribution < 1.29 is 28.2 Å². The second-order valence-corrected chi connectivity index (χ2v) is 10.4. The van der Waals surface area contributed by atoms with E-state index in [1.54, 1.807) is 46.1 Å². The summed E-state index contributed by atoms with van der Waals surface area (Å²) in [6, 6.07) is 7.18. The van der Waals surface area contributed by atoms with Crippen LogP contribution in [0.4, 0.5) is 26.4 Å². The van der Waals surface area contributed by atoms with Gasteiger partial charge in [0.2, 0.25) is 5.91 Å². The Balaban J connectivity index is 1.66. The molecule has 2 N–H and O–H groups in total. The van der Waals surface area contributed by atoms with E-state index in [1.165, 1.54) is 23.4 Å². The number of hydrogen-bond donors (Lipinski definition) is 2. The predicted molar refractivity (Wildman–Crippen MR) is 146 cm³/mol. The fraction of sp³-hybridized carbons (Fsp3) is 0.407. The zero-order chi connectivity index (χ0) is 28.2. The van der Waals surface area contributed by atoms with Gasteiger partial charge in [-0.3, -0.25) is 9.69 Å². The molecule has 0 unspecified atom stereocenters. The van der Waals surface area contributed by atoms with E-state index >= 15 is 0 Å². The van der Waals surface area contributed by atoms with Gasteiger partial charge in [-0.1, -0.05) is 17.7 Å². The summed E-state index contributed by atoms with van der Waals surface area (Å²) in [6.07, 6.45) is 1.95. The Morgan fingerprint density at radius 3 is 2.72 bits per heavy atom. The molecule has 2 amide bonds. The fourth-order valence-corrected chi connectivity index (χ4v) is 4.33. The second kappa shape index (κ2) is 12.0. The molecule has 10 nitrogen and oxygen atoms in total. The predicted octanol–water partition coefficient (Wildman–Crippen LogP) is 5.53. The molecule has 0 aliphatic carbocycles. The van der Waals surface area contributed by atoms with Crippen molar-refractivity contribution in [2.24, 2.45) is 0 Å². The lowest BCUT2D eigenvalue weighted by molar-refractivity contribution is -0.120. The van der Waals surface area contributed by atoms with Crippen LogP contribution < -0.4 is 15.4 Å². The largest absolute Gasteiger partial charge is 0.489 e. The smallest absolute Gasteiger partial charge is 0.410 e. The standard InChI is InChI=1S/C27H31ClFN5O5/c1-27(2,3)39-26(36)34-10-6-9-21(34)25(35)33-20-13-16-19(14-22(20)38-12-11-37-4)30-15-31-24(16)32-18-8-5-7-17(28)23(18)29/h5,7-8,13-15,21H,6,9-12H2,1-4H3,(H,33,35)(H,30,31,32)/t21-/m0/s1. The minimum absolute atomic E-state index is 0.0359. The Morgan fingerprint density at radius 2 is 1.97 bits per heavy atom. The lowest BCUT2D eigenvalue weighted by Crippen LogP contribution is -2.45. The molecule has 12 heteroatoms. The Kier molecular flexibility index (Phi) is 8.71. The number of halogens is 2. The number of anilines is 3. The molecular formula is C27H31ClFN5O5. The number of nitrogens with zero attached hydrogens (tertiary/aromatic N) is 3. The third kappa shape index (κ3) is 6.85. The van der Waals surface area contributed by atoms with Crippen LogP contribution in [0.5, 0.6) is 5.75 Å². The number of hydrogen-bond acceptors (Lipinski definition) is 8. The molecule has 0 radical (unpaired) electrons. The summed E-state index contributed by atoms with van der Waals surface area (Å²) in [5.74, 6) is -0.353. The van der Waals surface area contributed by atoms with Crippen molar-refractivity contribution in [1.82, 2.24) is 14.9 Å². The van der Waals surface area contributed by atoms with Crippen molar-refractivity contribution in [2.45, 2.75) is 45.3 Å². The first-order valence-electron chi connectivity index (χ1n) is 12.5. The SMILES string of the molecule is COCCOc1cc2ncnc(Nc3cccc(Cl)c3F)c2cc1NC(=O)[C@@H]1CCCN1C(=O)OC(C)(C)C. The molecule has 1 aliphatic heterocycles. The highest BCUT2D eigenvalue weighted by Crippen LogP contribution is 2.35. The number of carbonyl (C=O) groups excluding carboxylic acids is 2. The number of ether oxygens (including phenoxy) is 3. The fourth-order valence-electron chi connectivity index (χ4n) is 4.16. The maximum Gasteiger partial charge on any atom is 0.410 e. The number of likely N-dealkylation sites (tertiary alicyclic amines) is 1. The Hall–Kier alpha value is -3.70. The summed E-state index contributed by atoms with van der Waals surface area (Å²) >= 11 is 5.93. The third-order valence-electron chi connectivity index (χ3n) is 5.93. The van der Waals surface area contributed by atoms with Crippen molar-refractivity contribution in [1.29, 1.82) is 0 Å². The molecule has 0 saturated carbocycles. The van der Waals surface area contributed by atoms with Gasteiger partial charge in [-0.05, 0) is 51.8 Å². The summed E-state index contributed by atoms with van der Waals surface area (Å²) in [4.78, 5) is 36.2. The maximum absolute atomic E-state index is 14.6. The van der Waals surface area contributed by atoms with Crippen molar-refractivity contribution in [3.05, 3.63) is 47.5 Å². The molecule has 4 rings (SSSR count). The summed E-state index contributed by atoms with van der Waals surface area (Å²) in [6.45, 7) is 6.29. The number of rotatable bonds is 8. The van der Waals surface area contributed by atoms with Gasteiger partial charge in [0.1, 0.15) is 36.1 Å². The molecule has 2 heterocycles. The Bertz CT molecular complexity index is 1370. The van der Waals surface area contributed by atoms with E-state index in [4.69, 9.17) is 25.8 Å². The highest BCUT2D eigenvalue weighted by atomic mass is 35.5. The third-order valence-corrected chi connectivity index (χ3v) is 6.22. The summed E-state index contributed by atoms with van der Waals surface area (Å²) in [7, 11) is 1.55. The highest BCUT2D eigenvalue weighted by molar-refractivity contribution is 6.31. The van der Waals surface area contributed by atoms with Gasteiger partial charge in [0, 0.05) is 25.1 Å². The topological polar surface area (TPSA) is 115 Å². The number of benzene rings is 2. The number of aromatic nitrogens is 2. The quantitative estimate of drug-likeness (QED) is 0.346. The van der Waals surface area contributed by atoms with Crippen molar-refractivity contribution in [2.75, 3.05) is 37.5 Å². The van der Waals surface area contributed by atoms with E-state index in [0.29, 0.717) is 54.2 Å². The minimum atomic E-state index is -0.715. The first kappa shape index (κ1) is 28.3. The maximum atomic E-state index is 14.6. The molecule has 39 heavy (non-hydrogen) atoms. The molecule has 1 aromatic heterocycles. The van der Waals surface area contributed by atoms with Gasteiger partial charge in [0.25, 0.3) is 0 Å². The van der Waals surface area contributed by atoms with Crippen LogP contribution in [0.25, 0.3) is 10.9 Å². The van der Waals surface area contributed by atoms with E-state index in [-0.39, 0.29) is 23.2 Å². The molecule has 208 valence electrons. The van der Waals surface area contributed by atoms with E-state index < -0.39 is 23.6 Å². The van der Waals surface area contributed by atoms with Gasteiger partial charge < -0.3 is 24.8 Å². The molecule has 1 aliphatic rings. The van der Waals surface area contributed by atoms with Gasteiger partial charge >= 0.3 is 6.09 Å². The molecule has 0 spiro atoms. The Morgan fingerprint density at radius 1 is 1.18 bits per heavy atom. The van der Waals surface area contributed by atoms with Gasteiger partial charge in [-0.15, -0.1) is 0 Å². The van der Waals surface area contributed by atoms with Gasteiger partial charge in [0.05, 0.1) is 28.5 Å². The van der Waals surface area contributed by atoms with Gasteiger partial charge in [-0.2, -0.15) is 0 Å². The highest BCUT2D eigenvalue weighted by Gasteiger charge is 2.37. The van der Waals surface area contributed by atoms with E-state index in [0.717, 1.165) is 0 Å². The van der Waals surface area contributed by atoms with Crippen LogP contribution >= 0.6 is 11.6 Å². The summed E-state index contributed by atoms with van der Waals surface area (Å²) in [5.41, 5.74) is 0.279. The first-order chi connectivity index (χ1) is 18.6. The average molecular weight is 560 g/mol. The molecule has 0 bridgehead atoms. The number of methoxy groups -OCH3 is 1. The number of amides is 2. The lowest BCUT2D eigenvalue weighted by atomic mass is 10.1. The number of nitrogens with one attached hydrogen (secondary N) is 2. The monoisotopic (exact) mass is 559 g/mol. The van der Waals surface area contributed by atoms with Crippen LogP contribution in [0.15, 0.2) is 36.7 Å². The zero-order valence-electron chi connectivity index (χ0n) is 22.2.